The molecule has 0 spiro atoms. The fraction of sp³-hybridized carbons (Fsp3) is 0.700. The van der Waals surface area contributed by atoms with Gasteiger partial charge in [-0.1, -0.05) is 0 Å². The molecule has 0 aliphatic carbocycles. The van der Waals surface area contributed by atoms with Gasteiger partial charge in [0.25, 0.3) is 0 Å². The zero-order chi connectivity index (χ0) is 10.5. The maximum Gasteiger partial charge on any atom is 0.142 e. The first-order chi connectivity index (χ1) is 7.36. The normalized spacial score (nSPS) is 17.1. The van der Waals surface area contributed by atoms with Crippen molar-refractivity contribution in [3.8, 4) is 0 Å². The standard InChI is InChI=1S/C10H19N5/c11-10-9(8-13-14-10)12-4-3-7-15-5-1-2-6-15/h8,12H,1-7H2,(H3,11,13,14). The molecule has 0 radical (unpaired) electrons. The molecule has 2 rings (SSSR count). The smallest absolute Gasteiger partial charge is 0.142 e. The van der Waals surface area contributed by atoms with E-state index in [0.29, 0.717) is 5.82 Å². The summed E-state index contributed by atoms with van der Waals surface area (Å²) < 4.78 is 0. The Bertz CT molecular complexity index is 290. The van der Waals surface area contributed by atoms with Crippen LogP contribution in [0, 0.1) is 0 Å². The van der Waals surface area contributed by atoms with E-state index >= 15 is 0 Å². The highest BCUT2D eigenvalue weighted by Gasteiger charge is 2.10. The van der Waals surface area contributed by atoms with E-state index in [1.54, 1.807) is 6.20 Å². The predicted octanol–water partition coefficient (Wildman–Crippen LogP) is 0.890. The second-order valence-corrected chi connectivity index (χ2v) is 4.03. The number of nitrogens with two attached hydrogens (primary N) is 1. The third-order valence-electron chi connectivity index (χ3n) is 2.83. The van der Waals surface area contributed by atoms with Gasteiger partial charge in [-0.3, -0.25) is 5.10 Å². The number of anilines is 2. The van der Waals surface area contributed by atoms with Gasteiger partial charge < -0.3 is 16.0 Å². The van der Waals surface area contributed by atoms with Crippen LogP contribution in [0.1, 0.15) is 19.3 Å². The lowest BCUT2D eigenvalue weighted by Gasteiger charge is -2.14. The summed E-state index contributed by atoms with van der Waals surface area (Å²) in [6, 6.07) is 0. The molecule has 4 N–H and O–H groups in total. The topological polar surface area (TPSA) is 70.0 Å². The molecule has 0 atom stereocenters. The van der Waals surface area contributed by atoms with Gasteiger partial charge in [0.05, 0.1) is 11.9 Å². The van der Waals surface area contributed by atoms with Gasteiger partial charge in [0.15, 0.2) is 0 Å². The van der Waals surface area contributed by atoms with Crippen molar-refractivity contribution >= 4 is 11.5 Å². The van der Waals surface area contributed by atoms with Crippen molar-refractivity contribution in [2.45, 2.75) is 19.3 Å². The minimum Gasteiger partial charge on any atom is -0.382 e. The lowest BCUT2D eigenvalue weighted by molar-refractivity contribution is 0.337. The van der Waals surface area contributed by atoms with Gasteiger partial charge in [0.2, 0.25) is 0 Å². The average Bonchev–Trinajstić information content (AvgIpc) is 2.85. The Labute approximate surface area is 90.0 Å². The lowest BCUT2D eigenvalue weighted by atomic mass is 10.3. The number of nitrogens with zero attached hydrogens (tertiary/aromatic N) is 2. The van der Waals surface area contributed by atoms with Crippen molar-refractivity contribution in [3.63, 3.8) is 0 Å². The number of likely N-dealkylation sites (tertiary alicyclic amines) is 1. The SMILES string of the molecule is Nc1[nH]ncc1NCCCN1CCCC1. The Morgan fingerprint density at radius 2 is 2.27 bits per heavy atom. The van der Waals surface area contributed by atoms with Gasteiger partial charge in [-0.25, -0.2) is 0 Å². The Morgan fingerprint density at radius 1 is 1.47 bits per heavy atom. The van der Waals surface area contributed by atoms with Crippen molar-refractivity contribution in [3.05, 3.63) is 6.20 Å². The first-order valence-electron chi connectivity index (χ1n) is 5.61. The van der Waals surface area contributed by atoms with Crippen LogP contribution in [-0.2, 0) is 0 Å². The molecule has 1 aromatic heterocycles. The molecule has 1 fully saturated rings. The van der Waals surface area contributed by atoms with Crippen molar-refractivity contribution < 1.29 is 0 Å². The first kappa shape index (κ1) is 10.3. The summed E-state index contributed by atoms with van der Waals surface area (Å²) in [6.07, 6.45) is 5.61. The third kappa shape index (κ3) is 2.86. The van der Waals surface area contributed by atoms with Crippen LogP contribution in [0.25, 0.3) is 0 Å². The van der Waals surface area contributed by atoms with E-state index in [1.165, 1.54) is 32.5 Å². The third-order valence-corrected chi connectivity index (χ3v) is 2.83. The van der Waals surface area contributed by atoms with Gasteiger partial charge in [-0.2, -0.15) is 5.10 Å². The van der Waals surface area contributed by atoms with Crippen molar-refractivity contribution in [1.29, 1.82) is 0 Å². The molecular weight excluding hydrogens is 190 g/mol. The molecule has 5 heteroatoms. The van der Waals surface area contributed by atoms with Gasteiger partial charge in [0, 0.05) is 6.54 Å². The van der Waals surface area contributed by atoms with Crippen LogP contribution in [0.3, 0.4) is 0 Å². The molecule has 0 unspecified atom stereocenters. The van der Waals surface area contributed by atoms with Gasteiger partial charge in [0.1, 0.15) is 5.82 Å². The Kier molecular flexibility index (Phi) is 3.45. The fourth-order valence-corrected chi connectivity index (χ4v) is 1.97. The molecule has 2 heterocycles. The number of nitrogens with one attached hydrogen (secondary N) is 2. The van der Waals surface area contributed by atoms with Gasteiger partial charge >= 0.3 is 0 Å². The van der Waals surface area contributed by atoms with Crippen LogP contribution < -0.4 is 11.1 Å². The van der Waals surface area contributed by atoms with Crippen LogP contribution in [-0.4, -0.2) is 41.3 Å². The lowest BCUT2D eigenvalue weighted by Crippen LogP contribution is -2.22. The molecule has 84 valence electrons. The molecule has 15 heavy (non-hydrogen) atoms. The maximum atomic E-state index is 5.65. The van der Waals surface area contributed by atoms with E-state index < -0.39 is 0 Å². The monoisotopic (exact) mass is 209 g/mol. The fourth-order valence-electron chi connectivity index (χ4n) is 1.97. The summed E-state index contributed by atoms with van der Waals surface area (Å²) in [5.41, 5.74) is 6.57. The Morgan fingerprint density at radius 3 is 2.93 bits per heavy atom. The Hall–Kier alpha value is -1.23. The minimum absolute atomic E-state index is 0.621. The van der Waals surface area contributed by atoms with Crippen molar-refractivity contribution in [2.75, 3.05) is 37.2 Å². The number of hydrogen-bond acceptors (Lipinski definition) is 4. The van der Waals surface area contributed by atoms with E-state index in [2.05, 4.69) is 20.4 Å². The molecule has 0 bridgehead atoms. The molecule has 1 aliphatic heterocycles. The largest absolute Gasteiger partial charge is 0.382 e. The second-order valence-electron chi connectivity index (χ2n) is 4.03. The number of hydrogen-bond donors (Lipinski definition) is 3. The van der Waals surface area contributed by atoms with Crippen molar-refractivity contribution in [2.24, 2.45) is 0 Å². The van der Waals surface area contributed by atoms with Crippen LogP contribution in [0.15, 0.2) is 6.20 Å². The zero-order valence-corrected chi connectivity index (χ0v) is 9.00. The second kappa shape index (κ2) is 5.02. The van der Waals surface area contributed by atoms with Crippen LogP contribution in [0.4, 0.5) is 11.5 Å². The number of aromatic amines is 1. The summed E-state index contributed by atoms with van der Waals surface area (Å²) >= 11 is 0. The Balaban J connectivity index is 1.60. The number of rotatable bonds is 5. The molecule has 0 aromatic carbocycles. The summed E-state index contributed by atoms with van der Waals surface area (Å²) in [5.74, 6) is 0.621. The van der Waals surface area contributed by atoms with Crippen molar-refractivity contribution in [1.82, 2.24) is 15.1 Å². The summed E-state index contributed by atoms with van der Waals surface area (Å²) in [7, 11) is 0. The molecular formula is C10H19N5. The summed E-state index contributed by atoms with van der Waals surface area (Å²) in [5, 5.41) is 9.83. The number of nitrogen functional groups attached to an aromatic ring is 1. The van der Waals surface area contributed by atoms with Gasteiger partial charge in [-0.05, 0) is 38.9 Å². The zero-order valence-electron chi connectivity index (χ0n) is 9.00. The molecule has 1 saturated heterocycles. The van der Waals surface area contributed by atoms with E-state index in [1.807, 2.05) is 0 Å². The number of aromatic nitrogens is 2. The van der Waals surface area contributed by atoms with E-state index in [-0.39, 0.29) is 0 Å². The maximum absolute atomic E-state index is 5.65. The van der Waals surface area contributed by atoms with Crippen LogP contribution in [0.5, 0.6) is 0 Å². The van der Waals surface area contributed by atoms with E-state index in [0.717, 1.165) is 18.7 Å². The first-order valence-corrected chi connectivity index (χ1v) is 5.61. The predicted molar refractivity (Wildman–Crippen MR) is 61.8 cm³/mol. The quantitative estimate of drug-likeness (QED) is 0.630. The van der Waals surface area contributed by atoms with E-state index in [9.17, 15) is 0 Å². The highest BCUT2D eigenvalue weighted by atomic mass is 15.2. The molecule has 5 nitrogen and oxygen atoms in total. The van der Waals surface area contributed by atoms with Crippen LogP contribution in [0.2, 0.25) is 0 Å². The number of H-pyrrole nitrogens is 1. The van der Waals surface area contributed by atoms with Crippen LogP contribution >= 0.6 is 0 Å². The summed E-state index contributed by atoms with van der Waals surface area (Å²) in [6.45, 7) is 4.69. The minimum atomic E-state index is 0.621. The summed E-state index contributed by atoms with van der Waals surface area (Å²) in [4.78, 5) is 2.51. The molecule has 0 amide bonds. The highest BCUT2D eigenvalue weighted by molar-refractivity contribution is 5.59. The average molecular weight is 209 g/mol. The molecule has 0 saturated carbocycles. The molecule has 1 aromatic rings. The molecule has 1 aliphatic rings. The van der Waals surface area contributed by atoms with E-state index in [4.69, 9.17) is 5.73 Å². The van der Waals surface area contributed by atoms with Gasteiger partial charge in [-0.15, -0.1) is 0 Å². The highest BCUT2D eigenvalue weighted by Crippen LogP contribution is 2.13.